The zero-order chi connectivity index (χ0) is 12.6. The summed E-state index contributed by atoms with van der Waals surface area (Å²) in [5.41, 5.74) is 0.414. The highest BCUT2D eigenvalue weighted by molar-refractivity contribution is 14.1. The summed E-state index contributed by atoms with van der Waals surface area (Å²) in [5.74, 6) is -1.98. The first-order valence-corrected chi connectivity index (χ1v) is 5.77. The molecule has 17 heavy (non-hydrogen) atoms. The van der Waals surface area contributed by atoms with Gasteiger partial charge in [-0.05, 0) is 57.6 Å². The van der Waals surface area contributed by atoms with Gasteiger partial charge in [-0.15, -0.1) is 0 Å². The van der Waals surface area contributed by atoms with E-state index in [1.807, 2.05) is 22.6 Å². The van der Waals surface area contributed by atoms with Gasteiger partial charge < -0.3 is 10.2 Å². The highest BCUT2D eigenvalue weighted by Crippen LogP contribution is 2.23. The van der Waals surface area contributed by atoms with Gasteiger partial charge in [0.25, 0.3) is 0 Å². The number of carboxylic acids is 2. The molecule has 2 rings (SSSR count). The minimum atomic E-state index is -0.996. The average Bonchev–Trinajstić information content (AvgIpc) is 2.26. The molecule has 0 saturated carbocycles. The predicted octanol–water partition coefficient (Wildman–Crippen LogP) is 2.84. The number of carbonyl (C=O) groups is 2. The van der Waals surface area contributed by atoms with Crippen molar-refractivity contribution in [3.63, 3.8) is 0 Å². The Hall–Kier alpha value is -1.63. The lowest BCUT2D eigenvalue weighted by atomic mass is 10.0. The van der Waals surface area contributed by atoms with E-state index in [2.05, 4.69) is 0 Å². The Morgan fingerprint density at radius 1 is 0.941 bits per heavy atom. The smallest absolute Gasteiger partial charge is 0.336 e. The molecule has 0 amide bonds. The van der Waals surface area contributed by atoms with Gasteiger partial charge in [-0.2, -0.15) is 0 Å². The molecule has 0 aromatic heterocycles. The molecule has 0 fully saturated rings. The van der Waals surface area contributed by atoms with Gasteiger partial charge in [0.1, 0.15) is 0 Å². The van der Waals surface area contributed by atoms with Crippen molar-refractivity contribution in [1.82, 2.24) is 0 Å². The Morgan fingerprint density at radius 3 is 2.24 bits per heavy atom. The second kappa shape index (κ2) is 4.33. The Bertz CT molecular complexity index is 634. The number of benzene rings is 2. The molecule has 0 spiro atoms. The van der Waals surface area contributed by atoms with Crippen LogP contribution in [-0.2, 0) is 0 Å². The van der Waals surface area contributed by atoms with Crippen molar-refractivity contribution in [2.45, 2.75) is 0 Å². The number of aromatic carboxylic acids is 2. The molecule has 2 aromatic rings. The molecule has 86 valence electrons. The molecule has 0 heterocycles. The van der Waals surface area contributed by atoms with Gasteiger partial charge in [-0.1, -0.05) is 6.07 Å². The fraction of sp³-hybridized carbons (Fsp3) is 0. The molecule has 2 aromatic carbocycles. The molecule has 0 bridgehead atoms. The molecule has 0 saturated heterocycles. The fourth-order valence-corrected chi connectivity index (χ4v) is 2.29. The van der Waals surface area contributed by atoms with Crippen molar-refractivity contribution >= 4 is 45.3 Å². The van der Waals surface area contributed by atoms with Gasteiger partial charge in [0, 0.05) is 3.57 Å². The molecule has 2 N–H and O–H groups in total. The third-order valence-corrected chi connectivity index (χ3v) is 3.30. The molecule has 0 aliphatic rings. The van der Waals surface area contributed by atoms with Crippen LogP contribution in [0.5, 0.6) is 0 Å². The van der Waals surface area contributed by atoms with Crippen LogP contribution in [0.25, 0.3) is 10.8 Å². The largest absolute Gasteiger partial charge is 0.478 e. The molecular weight excluding hydrogens is 335 g/mol. The number of halogens is 1. The maximum Gasteiger partial charge on any atom is 0.336 e. The van der Waals surface area contributed by atoms with E-state index in [4.69, 9.17) is 10.2 Å². The first-order valence-electron chi connectivity index (χ1n) is 4.69. The molecule has 0 radical (unpaired) electrons. The summed E-state index contributed by atoms with van der Waals surface area (Å²) in [6.07, 6.45) is 0. The number of hydrogen-bond donors (Lipinski definition) is 2. The van der Waals surface area contributed by atoms with Gasteiger partial charge in [-0.25, -0.2) is 9.59 Å². The summed E-state index contributed by atoms with van der Waals surface area (Å²) < 4.78 is 0.588. The van der Waals surface area contributed by atoms with E-state index >= 15 is 0 Å². The highest BCUT2D eigenvalue weighted by atomic mass is 127. The summed E-state index contributed by atoms with van der Waals surface area (Å²) in [5, 5.41) is 19.3. The van der Waals surface area contributed by atoms with Crippen molar-refractivity contribution in [1.29, 1.82) is 0 Å². The Labute approximate surface area is 110 Å². The van der Waals surface area contributed by atoms with Crippen molar-refractivity contribution in [3.8, 4) is 0 Å². The van der Waals surface area contributed by atoms with Gasteiger partial charge >= 0.3 is 11.9 Å². The number of carboxylic acid groups (broad SMARTS) is 2. The van der Waals surface area contributed by atoms with Crippen LogP contribution in [0.15, 0.2) is 30.3 Å². The van der Waals surface area contributed by atoms with Crippen molar-refractivity contribution < 1.29 is 19.8 Å². The highest BCUT2D eigenvalue weighted by Gasteiger charge is 2.11. The van der Waals surface area contributed by atoms with Crippen LogP contribution >= 0.6 is 22.6 Å². The third kappa shape index (κ3) is 2.23. The lowest BCUT2D eigenvalue weighted by Gasteiger charge is -2.04. The van der Waals surface area contributed by atoms with Crippen molar-refractivity contribution in [2.75, 3.05) is 0 Å². The second-order valence-corrected chi connectivity index (χ2v) is 4.67. The standard InChI is InChI=1S/C12H7IO4/c13-10-5-8-3-7(11(14)15)2-1-6(8)4-9(10)12(16)17/h1-5H,(H,14,15)(H,16,17). The quantitative estimate of drug-likeness (QED) is 0.823. The summed E-state index contributed by atoms with van der Waals surface area (Å²) in [6.45, 7) is 0. The topological polar surface area (TPSA) is 74.6 Å². The van der Waals surface area contributed by atoms with Crippen LogP contribution in [0.1, 0.15) is 20.7 Å². The van der Waals surface area contributed by atoms with Crippen LogP contribution in [0.2, 0.25) is 0 Å². The Balaban J connectivity index is 2.70. The Kier molecular flexibility index (Phi) is 3.01. The number of fused-ring (bicyclic) bond motifs is 1. The average molecular weight is 342 g/mol. The summed E-state index contributed by atoms with van der Waals surface area (Å²) in [6, 6.07) is 7.83. The first kappa shape index (κ1) is 11.8. The van der Waals surface area contributed by atoms with E-state index in [0.29, 0.717) is 8.96 Å². The summed E-state index contributed by atoms with van der Waals surface area (Å²) in [4.78, 5) is 21.8. The minimum Gasteiger partial charge on any atom is -0.478 e. The normalized spacial score (nSPS) is 10.4. The van der Waals surface area contributed by atoms with E-state index in [9.17, 15) is 9.59 Å². The lowest BCUT2D eigenvalue weighted by molar-refractivity contribution is 0.0685. The van der Waals surface area contributed by atoms with Gasteiger partial charge in [0.15, 0.2) is 0 Å². The van der Waals surface area contributed by atoms with Crippen LogP contribution in [0.4, 0.5) is 0 Å². The van der Waals surface area contributed by atoms with Crippen LogP contribution in [0, 0.1) is 3.57 Å². The maximum atomic E-state index is 10.9. The van der Waals surface area contributed by atoms with E-state index in [1.165, 1.54) is 12.1 Å². The molecule has 4 nitrogen and oxygen atoms in total. The minimum absolute atomic E-state index is 0.191. The number of rotatable bonds is 2. The van der Waals surface area contributed by atoms with Gasteiger partial charge in [-0.3, -0.25) is 0 Å². The molecular formula is C12H7IO4. The SMILES string of the molecule is O=C(O)c1ccc2cc(C(=O)O)c(I)cc2c1. The molecule has 0 aliphatic heterocycles. The maximum absolute atomic E-state index is 10.9. The summed E-state index contributed by atoms with van der Waals surface area (Å²) in [7, 11) is 0. The third-order valence-electron chi connectivity index (χ3n) is 2.40. The molecule has 0 aliphatic carbocycles. The van der Waals surface area contributed by atoms with Crippen LogP contribution in [0.3, 0.4) is 0 Å². The van der Waals surface area contributed by atoms with Crippen molar-refractivity contribution in [2.24, 2.45) is 0 Å². The second-order valence-electron chi connectivity index (χ2n) is 3.50. The molecule has 0 unspecified atom stereocenters. The number of hydrogen-bond acceptors (Lipinski definition) is 2. The van der Waals surface area contributed by atoms with Crippen LogP contribution < -0.4 is 0 Å². The predicted molar refractivity (Wildman–Crippen MR) is 70.6 cm³/mol. The van der Waals surface area contributed by atoms with E-state index < -0.39 is 11.9 Å². The zero-order valence-electron chi connectivity index (χ0n) is 8.48. The van der Waals surface area contributed by atoms with E-state index in [-0.39, 0.29) is 11.1 Å². The summed E-state index contributed by atoms with van der Waals surface area (Å²) >= 11 is 1.92. The van der Waals surface area contributed by atoms with Crippen LogP contribution in [-0.4, -0.2) is 22.2 Å². The van der Waals surface area contributed by atoms with E-state index in [1.54, 1.807) is 18.2 Å². The van der Waals surface area contributed by atoms with Gasteiger partial charge in [0.2, 0.25) is 0 Å². The molecule has 5 heteroatoms. The van der Waals surface area contributed by atoms with Crippen molar-refractivity contribution in [3.05, 3.63) is 45.0 Å². The van der Waals surface area contributed by atoms with Gasteiger partial charge in [0.05, 0.1) is 11.1 Å². The fourth-order valence-electron chi connectivity index (χ4n) is 1.57. The monoisotopic (exact) mass is 342 g/mol. The lowest BCUT2D eigenvalue weighted by Crippen LogP contribution is -2.00. The van der Waals surface area contributed by atoms with E-state index in [0.717, 1.165) is 5.39 Å². The first-order chi connectivity index (χ1) is 7.99. The molecule has 0 atom stereocenters. The zero-order valence-corrected chi connectivity index (χ0v) is 10.6. The Morgan fingerprint density at radius 2 is 1.65 bits per heavy atom.